The van der Waals surface area contributed by atoms with Gasteiger partial charge < -0.3 is 10.8 Å². The van der Waals surface area contributed by atoms with E-state index in [1.54, 1.807) is 30.3 Å². The maximum Gasteiger partial charge on any atom is 0.357 e. The Kier molecular flexibility index (Phi) is 3.45. The SMILES string of the molecule is Nc1ccc(Sc2nc3ccccc3nc2C(=O)O)cc1. The van der Waals surface area contributed by atoms with Crippen LogP contribution in [0.15, 0.2) is 58.5 Å². The zero-order valence-electron chi connectivity index (χ0n) is 10.9. The van der Waals surface area contributed by atoms with E-state index in [1.807, 2.05) is 18.2 Å². The summed E-state index contributed by atoms with van der Waals surface area (Å²) in [5, 5.41) is 9.68. The lowest BCUT2D eigenvalue weighted by Gasteiger charge is -2.06. The van der Waals surface area contributed by atoms with Gasteiger partial charge in [0, 0.05) is 10.6 Å². The van der Waals surface area contributed by atoms with Crippen molar-refractivity contribution < 1.29 is 9.90 Å². The zero-order chi connectivity index (χ0) is 14.8. The molecule has 0 unspecified atom stereocenters. The quantitative estimate of drug-likeness (QED) is 0.722. The first-order chi connectivity index (χ1) is 10.1. The number of aromatic carboxylic acids is 1. The lowest BCUT2D eigenvalue weighted by molar-refractivity contribution is 0.0686. The molecule has 0 amide bonds. The first kappa shape index (κ1) is 13.4. The molecule has 0 atom stereocenters. The minimum Gasteiger partial charge on any atom is -0.476 e. The molecule has 0 bridgehead atoms. The lowest BCUT2D eigenvalue weighted by atomic mass is 10.3. The number of carboxylic acids is 1. The average Bonchev–Trinajstić information content (AvgIpc) is 2.48. The van der Waals surface area contributed by atoms with E-state index in [2.05, 4.69) is 9.97 Å². The van der Waals surface area contributed by atoms with E-state index in [-0.39, 0.29) is 5.69 Å². The first-order valence-corrected chi connectivity index (χ1v) is 6.98. The monoisotopic (exact) mass is 297 g/mol. The maximum atomic E-state index is 11.4. The molecule has 3 aromatic rings. The standard InChI is InChI=1S/C15H11N3O2S/c16-9-5-7-10(8-6-9)21-14-13(15(19)20)17-11-3-1-2-4-12(11)18-14/h1-8H,16H2,(H,19,20). The number of anilines is 1. The number of aromatic nitrogens is 2. The number of nitrogens with two attached hydrogens (primary N) is 1. The third-order valence-corrected chi connectivity index (χ3v) is 3.82. The molecule has 1 heterocycles. The van der Waals surface area contributed by atoms with Gasteiger partial charge in [0.1, 0.15) is 5.03 Å². The Hall–Kier alpha value is -2.60. The zero-order valence-corrected chi connectivity index (χ0v) is 11.7. The molecule has 6 heteroatoms. The summed E-state index contributed by atoms with van der Waals surface area (Å²) in [6, 6.07) is 14.4. The van der Waals surface area contributed by atoms with Crippen molar-refractivity contribution in [3.8, 4) is 0 Å². The molecule has 3 rings (SSSR count). The number of nitrogens with zero attached hydrogens (tertiary/aromatic N) is 2. The Morgan fingerprint density at radius 3 is 2.24 bits per heavy atom. The van der Waals surface area contributed by atoms with Crippen LogP contribution in [-0.2, 0) is 0 Å². The molecule has 0 spiro atoms. The molecule has 0 aliphatic carbocycles. The van der Waals surface area contributed by atoms with Crippen LogP contribution in [0.1, 0.15) is 10.5 Å². The fourth-order valence-corrected chi connectivity index (χ4v) is 2.71. The fourth-order valence-electron chi connectivity index (χ4n) is 1.84. The number of benzene rings is 2. The summed E-state index contributed by atoms with van der Waals surface area (Å²) < 4.78 is 0. The largest absolute Gasteiger partial charge is 0.476 e. The summed E-state index contributed by atoms with van der Waals surface area (Å²) in [6.07, 6.45) is 0. The molecular weight excluding hydrogens is 286 g/mol. The Balaban J connectivity index is 2.09. The van der Waals surface area contributed by atoms with Crippen molar-refractivity contribution >= 4 is 34.5 Å². The van der Waals surface area contributed by atoms with Crippen LogP contribution in [0.5, 0.6) is 0 Å². The minimum absolute atomic E-state index is 0.0458. The van der Waals surface area contributed by atoms with Crippen molar-refractivity contribution in [2.75, 3.05) is 5.73 Å². The summed E-state index contributed by atoms with van der Waals surface area (Å²) in [6.45, 7) is 0. The topological polar surface area (TPSA) is 89.1 Å². The third kappa shape index (κ3) is 2.80. The maximum absolute atomic E-state index is 11.4. The Morgan fingerprint density at radius 2 is 1.62 bits per heavy atom. The molecule has 0 fully saturated rings. The van der Waals surface area contributed by atoms with E-state index in [9.17, 15) is 9.90 Å². The number of hydrogen-bond acceptors (Lipinski definition) is 5. The predicted molar refractivity (Wildman–Crippen MR) is 81.5 cm³/mol. The summed E-state index contributed by atoms with van der Waals surface area (Å²) in [5.74, 6) is -1.09. The number of nitrogen functional groups attached to an aromatic ring is 1. The summed E-state index contributed by atoms with van der Waals surface area (Å²) in [5.41, 5.74) is 7.48. The second-order valence-electron chi connectivity index (χ2n) is 4.34. The highest BCUT2D eigenvalue weighted by Gasteiger charge is 2.16. The molecular formula is C15H11N3O2S. The van der Waals surface area contributed by atoms with Gasteiger partial charge in [0.25, 0.3) is 0 Å². The van der Waals surface area contributed by atoms with Crippen molar-refractivity contribution in [1.29, 1.82) is 0 Å². The van der Waals surface area contributed by atoms with E-state index < -0.39 is 5.97 Å². The van der Waals surface area contributed by atoms with E-state index in [0.717, 1.165) is 4.90 Å². The van der Waals surface area contributed by atoms with Crippen LogP contribution in [0, 0.1) is 0 Å². The molecule has 104 valence electrons. The van der Waals surface area contributed by atoms with E-state index >= 15 is 0 Å². The number of fused-ring (bicyclic) bond motifs is 1. The molecule has 0 radical (unpaired) electrons. The fraction of sp³-hybridized carbons (Fsp3) is 0. The van der Waals surface area contributed by atoms with Crippen molar-refractivity contribution in [2.24, 2.45) is 0 Å². The van der Waals surface area contributed by atoms with Gasteiger partial charge in [-0.3, -0.25) is 0 Å². The van der Waals surface area contributed by atoms with Gasteiger partial charge >= 0.3 is 5.97 Å². The minimum atomic E-state index is -1.09. The van der Waals surface area contributed by atoms with Crippen molar-refractivity contribution in [2.45, 2.75) is 9.92 Å². The van der Waals surface area contributed by atoms with Crippen LogP contribution in [0.3, 0.4) is 0 Å². The molecule has 0 aliphatic heterocycles. The number of carbonyl (C=O) groups is 1. The average molecular weight is 297 g/mol. The molecule has 1 aromatic heterocycles. The molecule has 0 saturated heterocycles. The summed E-state index contributed by atoms with van der Waals surface area (Å²) in [4.78, 5) is 20.8. The van der Waals surface area contributed by atoms with E-state index in [0.29, 0.717) is 21.7 Å². The molecule has 0 aliphatic rings. The van der Waals surface area contributed by atoms with Gasteiger partial charge in [0.05, 0.1) is 11.0 Å². The van der Waals surface area contributed by atoms with Crippen LogP contribution in [0.4, 0.5) is 5.69 Å². The van der Waals surface area contributed by atoms with Gasteiger partial charge in [-0.05, 0) is 36.4 Å². The Bertz CT molecular complexity index is 819. The van der Waals surface area contributed by atoms with Crippen LogP contribution in [0.25, 0.3) is 11.0 Å². The smallest absolute Gasteiger partial charge is 0.357 e. The van der Waals surface area contributed by atoms with Crippen molar-refractivity contribution in [3.05, 3.63) is 54.2 Å². The summed E-state index contributed by atoms with van der Waals surface area (Å²) in [7, 11) is 0. The normalized spacial score (nSPS) is 10.7. The Labute approximate surface area is 124 Å². The van der Waals surface area contributed by atoms with Gasteiger partial charge in [-0.2, -0.15) is 0 Å². The number of hydrogen-bond donors (Lipinski definition) is 2. The third-order valence-electron chi connectivity index (χ3n) is 2.84. The molecule has 3 N–H and O–H groups in total. The van der Waals surface area contributed by atoms with Gasteiger partial charge in [-0.1, -0.05) is 23.9 Å². The van der Waals surface area contributed by atoms with Crippen LogP contribution >= 0.6 is 11.8 Å². The Morgan fingerprint density at radius 1 is 1.00 bits per heavy atom. The highest BCUT2D eigenvalue weighted by Crippen LogP contribution is 2.30. The first-order valence-electron chi connectivity index (χ1n) is 6.17. The predicted octanol–water partition coefficient (Wildman–Crippen LogP) is 3.06. The van der Waals surface area contributed by atoms with Crippen molar-refractivity contribution in [3.63, 3.8) is 0 Å². The van der Waals surface area contributed by atoms with Gasteiger partial charge in [0.15, 0.2) is 5.69 Å². The lowest BCUT2D eigenvalue weighted by Crippen LogP contribution is -2.05. The summed E-state index contributed by atoms with van der Waals surface area (Å²) >= 11 is 1.26. The molecule has 21 heavy (non-hydrogen) atoms. The second-order valence-corrected chi connectivity index (χ2v) is 5.40. The second kappa shape index (κ2) is 5.41. The molecule has 0 saturated carbocycles. The van der Waals surface area contributed by atoms with Crippen LogP contribution in [-0.4, -0.2) is 21.0 Å². The van der Waals surface area contributed by atoms with Crippen LogP contribution in [0.2, 0.25) is 0 Å². The van der Waals surface area contributed by atoms with Gasteiger partial charge in [0.2, 0.25) is 0 Å². The molecule has 2 aromatic carbocycles. The number of carboxylic acid groups (broad SMARTS) is 1. The van der Waals surface area contributed by atoms with Crippen LogP contribution < -0.4 is 5.73 Å². The van der Waals surface area contributed by atoms with Gasteiger partial charge in [-0.15, -0.1) is 0 Å². The molecule has 5 nitrogen and oxygen atoms in total. The highest BCUT2D eigenvalue weighted by molar-refractivity contribution is 7.99. The number of rotatable bonds is 3. The van der Waals surface area contributed by atoms with Crippen molar-refractivity contribution in [1.82, 2.24) is 9.97 Å². The van der Waals surface area contributed by atoms with E-state index in [1.165, 1.54) is 11.8 Å². The van der Waals surface area contributed by atoms with E-state index in [4.69, 9.17) is 5.73 Å². The van der Waals surface area contributed by atoms with Gasteiger partial charge in [-0.25, -0.2) is 14.8 Å². The highest BCUT2D eigenvalue weighted by atomic mass is 32.2. The number of para-hydroxylation sites is 2.